The number of rotatable bonds is 1. The van der Waals surface area contributed by atoms with E-state index >= 15 is 0 Å². The minimum atomic E-state index is 0.713. The average Bonchev–Trinajstić information content (AvgIpc) is 2.55. The highest BCUT2D eigenvalue weighted by atomic mass is 14.8. The fraction of sp³-hybridized carbons (Fsp3) is 0.556. The van der Waals surface area contributed by atoms with Crippen LogP contribution in [0.15, 0.2) is 12.3 Å². The monoisotopic (exact) mass is 150 g/mol. The predicted octanol–water partition coefficient (Wildman–Crippen LogP) is 2.25. The summed E-state index contributed by atoms with van der Waals surface area (Å²) in [4.78, 5) is 3.22. The Morgan fingerprint density at radius 1 is 1.36 bits per heavy atom. The molecule has 0 amide bonds. The quantitative estimate of drug-likeness (QED) is 0.633. The van der Waals surface area contributed by atoms with Crippen molar-refractivity contribution in [2.24, 2.45) is 0 Å². The van der Waals surface area contributed by atoms with Gasteiger partial charge in [-0.2, -0.15) is 0 Å². The Hall–Kier alpha value is -0.920. The lowest BCUT2D eigenvalue weighted by Gasteiger charge is -2.06. The zero-order valence-electron chi connectivity index (χ0n) is 6.64. The Balaban J connectivity index is 2.21. The number of aromatic nitrogens is 1. The first-order chi connectivity index (χ1) is 5.38. The summed E-state index contributed by atoms with van der Waals surface area (Å²) in [5, 5.41) is 0. The molecule has 1 aromatic rings. The van der Waals surface area contributed by atoms with E-state index in [1.54, 1.807) is 0 Å². The Morgan fingerprint density at radius 2 is 2.09 bits per heavy atom. The summed E-state index contributed by atoms with van der Waals surface area (Å²) in [6.07, 6.45) is 7.28. The van der Waals surface area contributed by atoms with Gasteiger partial charge in [-0.3, -0.25) is 0 Å². The average molecular weight is 150 g/mol. The maximum absolute atomic E-state index is 5.79. The van der Waals surface area contributed by atoms with Gasteiger partial charge in [-0.05, 0) is 18.9 Å². The summed E-state index contributed by atoms with van der Waals surface area (Å²) >= 11 is 0. The van der Waals surface area contributed by atoms with Crippen LogP contribution in [0, 0.1) is 0 Å². The molecule has 0 bridgehead atoms. The van der Waals surface area contributed by atoms with Gasteiger partial charge in [0.2, 0.25) is 0 Å². The lowest BCUT2D eigenvalue weighted by molar-refractivity contribution is 0.705. The van der Waals surface area contributed by atoms with E-state index in [0.717, 1.165) is 5.69 Å². The van der Waals surface area contributed by atoms with Crippen LogP contribution in [0.2, 0.25) is 0 Å². The van der Waals surface area contributed by atoms with E-state index < -0.39 is 0 Å². The van der Waals surface area contributed by atoms with E-state index in [1.807, 2.05) is 12.3 Å². The zero-order chi connectivity index (χ0) is 7.68. The molecule has 0 unspecified atom stereocenters. The van der Waals surface area contributed by atoms with Crippen molar-refractivity contribution in [3.05, 3.63) is 18.0 Å². The van der Waals surface area contributed by atoms with Crippen molar-refractivity contribution in [1.29, 1.82) is 0 Å². The summed E-state index contributed by atoms with van der Waals surface area (Å²) in [7, 11) is 0. The van der Waals surface area contributed by atoms with Crippen LogP contribution in [0.1, 0.15) is 37.3 Å². The van der Waals surface area contributed by atoms with Gasteiger partial charge in [0.15, 0.2) is 0 Å². The number of hydrogen-bond donors (Lipinski definition) is 2. The Labute approximate surface area is 66.8 Å². The number of H-pyrrole nitrogens is 1. The molecule has 0 spiro atoms. The second-order valence-corrected chi connectivity index (χ2v) is 3.33. The van der Waals surface area contributed by atoms with Gasteiger partial charge in [-0.25, -0.2) is 0 Å². The summed E-state index contributed by atoms with van der Waals surface area (Å²) in [5.74, 6) is 0.713. The van der Waals surface area contributed by atoms with Crippen LogP contribution in [-0.2, 0) is 0 Å². The first-order valence-corrected chi connectivity index (χ1v) is 4.30. The van der Waals surface area contributed by atoms with Crippen molar-refractivity contribution in [2.45, 2.75) is 31.6 Å². The molecule has 2 heteroatoms. The molecule has 3 N–H and O–H groups in total. The van der Waals surface area contributed by atoms with Crippen LogP contribution in [0.25, 0.3) is 0 Å². The second-order valence-electron chi connectivity index (χ2n) is 3.33. The van der Waals surface area contributed by atoms with Crippen LogP contribution < -0.4 is 5.73 Å². The molecule has 2 rings (SSSR count). The fourth-order valence-corrected chi connectivity index (χ4v) is 1.96. The summed E-state index contributed by atoms with van der Waals surface area (Å²) in [5.41, 5.74) is 8.00. The van der Waals surface area contributed by atoms with Crippen LogP contribution in [0.3, 0.4) is 0 Å². The Bertz CT molecular complexity index is 233. The third kappa shape index (κ3) is 1.13. The van der Waals surface area contributed by atoms with Gasteiger partial charge in [0, 0.05) is 17.8 Å². The zero-order valence-corrected chi connectivity index (χ0v) is 6.64. The molecule has 1 fully saturated rings. The number of nitrogens with one attached hydrogen (secondary N) is 1. The topological polar surface area (TPSA) is 41.8 Å². The number of aromatic amines is 1. The largest absolute Gasteiger partial charge is 0.397 e. The van der Waals surface area contributed by atoms with Crippen LogP contribution in [-0.4, -0.2) is 4.98 Å². The minimum absolute atomic E-state index is 0.713. The van der Waals surface area contributed by atoms with E-state index in [2.05, 4.69) is 4.98 Å². The van der Waals surface area contributed by atoms with E-state index in [9.17, 15) is 0 Å². The van der Waals surface area contributed by atoms with Gasteiger partial charge in [0.05, 0.1) is 5.69 Å². The lowest BCUT2D eigenvalue weighted by atomic mass is 10.0. The highest BCUT2D eigenvalue weighted by molar-refractivity contribution is 5.45. The van der Waals surface area contributed by atoms with Crippen LogP contribution >= 0.6 is 0 Å². The minimum Gasteiger partial charge on any atom is -0.397 e. The van der Waals surface area contributed by atoms with Crippen molar-refractivity contribution < 1.29 is 0 Å². The highest BCUT2D eigenvalue weighted by Crippen LogP contribution is 2.35. The Morgan fingerprint density at radius 3 is 2.64 bits per heavy atom. The molecule has 0 saturated heterocycles. The molecule has 1 heterocycles. The molecule has 2 nitrogen and oxygen atoms in total. The summed E-state index contributed by atoms with van der Waals surface area (Å²) in [6, 6.07) is 1.95. The number of nitrogen functional groups attached to an aromatic ring is 1. The number of hydrogen-bond acceptors (Lipinski definition) is 1. The number of nitrogens with two attached hydrogens (primary N) is 1. The normalized spacial score (nSPS) is 19.3. The summed E-state index contributed by atoms with van der Waals surface area (Å²) < 4.78 is 0. The molecule has 0 aliphatic heterocycles. The smallest absolute Gasteiger partial charge is 0.0527 e. The number of anilines is 1. The molecular weight excluding hydrogens is 136 g/mol. The van der Waals surface area contributed by atoms with E-state index in [-0.39, 0.29) is 0 Å². The van der Waals surface area contributed by atoms with Gasteiger partial charge in [0.25, 0.3) is 0 Å². The maximum Gasteiger partial charge on any atom is 0.0527 e. The third-order valence-electron chi connectivity index (χ3n) is 2.58. The molecule has 1 aliphatic carbocycles. The van der Waals surface area contributed by atoms with Crippen molar-refractivity contribution in [3.63, 3.8) is 0 Å². The molecule has 0 atom stereocenters. The SMILES string of the molecule is Nc1cc[nH]c1C1CCCC1. The first kappa shape index (κ1) is 6.77. The highest BCUT2D eigenvalue weighted by Gasteiger charge is 2.19. The fourth-order valence-electron chi connectivity index (χ4n) is 1.96. The van der Waals surface area contributed by atoms with E-state index in [4.69, 9.17) is 5.73 Å². The van der Waals surface area contributed by atoms with Crippen molar-refractivity contribution in [2.75, 3.05) is 5.73 Å². The molecule has 11 heavy (non-hydrogen) atoms. The second kappa shape index (κ2) is 2.61. The standard InChI is InChI=1S/C9H14N2/c10-8-5-6-11-9(8)7-3-1-2-4-7/h5-7,11H,1-4,10H2. The molecule has 0 radical (unpaired) electrons. The lowest BCUT2D eigenvalue weighted by Crippen LogP contribution is -1.96. The third-order valence-corrected chi connectivity index (χ3v) is 2.58. The molecule has 1 aliphatic rings. The van der Waals surface area contributed by atoms with Crippen molar-refractivity contribution in [3.8, 4) is 0 Å². The molecule has 1 saturated carbocycles. The Kier molecular flexibility index (Phi) is 1.60. The molecule has 60 valence electrons. The van der Waals surface area contributed by atoms with Gasteiger partial charge < -0.3 is 10.7 Å². The van der Waals surface area contributed by atoms with Crippen LogP contribution in [0.5, 0.6) is 0 Å². The molecule has 0 aromatic carbocycles. The first-order valence-electron chi connectivity index (χ1n) is 4.30. The molecular formula is C9H14N2. The van der Waals surface area contributed by atoms with E-state index in [1.165, 1.54) is 31.4 Å². The predicted molar refractivity (Wildman–Crippen MR) is 46.4 cm³/mol. The van der Waals surface area contributed by atoms with E-state index in [0.29, 0.717) is 5.92 Å². The van der Waals surface area contributed by atoms with Gasteiger partial charge >= 0.3 is 0 Å². The molecule has 1 aromatic heterocycles. The van der Waals surface area contributed by atoms with Gasteiger partial charge in [-0.15, -0.1) is 0 Å². The summed E-state index contributed by atoms with van der Waals surface area (Å²) in [6.45, 7) is 0. The van der Waals surface area contributed by atoms with Crippen molar-refractivity contribution >= 4 is 5.69 Å². The van der Waals surface area contributed by atoms with Crippen molar-refractivity contribution in [1.82, 2.24) is 4.98 Å². The maximum atomic E-state index is 5.79. The van der Waals surface area contributed by atoms with Gasteiger partial charge in [-0.1, -0.05) is 12.8 Å². The van der Waals surface area contributed by atoms with Crippen LogP contribution in [0.4, 0.5) is 5.69 Å². The van der Waals surface area contributed by atoms with Gasteiger partial charge in [0.1, 0.15) is 0 Å².